The Balaban J connectivity index is 1.53. The molecule has 2 aromatic rings. The molecule has 11 atom stereocenters. The first kappa shape index (κ1) is 52.3. The van der Waals surface area contributed by atoms with Gasteiger partial charge in [-0.3, -0.25) is 14.2 Å². The van der Waals surface area contributed by atoms with Gasteiger partial charge < -0.3 is 42.7 Å². The number of aromatic nitrogens is 2. The molecule has 2 fully saturated rings. The van der Waals surface area contributed by atoms with Gasteiger partial charge in [0.2, 0.25) is 0 Å². The number of aliphatic hydroxyl groups excluding tert-OH is 1. The lowest BCUT2D eigenvalue weighted by atomic mass is 9.62. The number of carbonyl (C=O) groups is 4. The second-order valence-electron chi connectivity index (χ2n) is 19.1. The Bertz CT molecular complexity index is 1990. The van der Waals surface area contributed by atoms with Crippen molar-refractivity contribution in [3.63, 3.8) is 0 Å². The topological polar surface area (TPSA) is 172 Å². The number of aliphatic hydroxyl groups is 1. The lowest BCUT2D eigenvalue weighted by Crippen LogP contribution is -2.55. The van der Waals surface area contributed by atoms with Crippen LogP contribution in [0.1, 0.15) is 68.9 Å². The molecular weight excluding hydrogens is 869 g/mol. The second kappa shape index (κ2) is 22.4. The van der Waals surface area contributed by atoms with Crippen LogP contribution in [-0.2, 0) is 42.4 Å². The summed E-state index contributed by atoms with van der Waals surface area (Å²) in [5.41, 5.74) is -0.581. The number of hydrogen-bond donors (Lipinski definition) is 1. The van der Waals surface area contributed by atoms with Gasteiger partial charge in [0.1, 0.15) is 35.3 Å². The van der Waals surface area contributed by atoms with Gasteiger partial charge >= 0.3 is 18.0 Å². The fourth-order valence-electron chi connectivity index (χ4n) is 10.3. The molecule has 17 heteroatoms. The van der Waals surface area contributed by atoms with E-state index in [4.69, 9.17) is 37.6 Å². The summed E-state index contributed by atoms with van der Waals surface area (Å²) in [6.07, 6.45) is 4.16. The average Bonchev–Trinajstić information content (AvgIpc) is 4.05. The van der Waals surface area contributed by atoms with Gasteiger partial charge in [-0.25, -0.2) is 14.2 Å². The normalized spacial score (nSPS) is 29.7. The Morgan fingerprint density at radius 1 is 0.969 bits per heavy atom. The van der Waals surface area contributed by atoms with Gasteiger partial charge in [-0.2, -0.15) is 0 Å². The van der Waals surface area contributed by atoms with Crippen LogP contribution in [0, 0.1) is 29.6 Å². The lowest BCUT2D eigenvalue weighted by molar-refractivity contribution is -0.172. The first-order valence-electron chi connectivity index (χ1n) is 23.2. The van der Waals surface area contributed by atoms with E-state index in [9.17, 15) is 24.3 Å². The molecule has 2 aromatic heterocycles. The van der Waals surface area contributed by atoms with Crippen molar-refractivity contribution in [2.75, 3.05) is 47.8 Å². The van der Waals surface area contributed by atoms with E-state index in [1.54, 1.807) is 19.2 Å². The Morgan fingerprint density at radius 2 is 1.62 bits per heavy atom. The van der Waals surface area contributed by atoms with Crippen LogP contribution in [0.15, 0.2) is 60.5 Å². The van der Waals surface area contributed by atoms with Crippen LogP contribution >= 0.6 is 0 Å². The predicted octanol–water partition coefficient (Wildman–Crippen LogP) is 7.61. The summed E-state index contributed by atoms with van der Waals surface area (Å²) < 4.78 is 52.1. The molecule has 2 bridgehead atoms. The predicted molar refractivity (Wildman–Crippen MR) is 250 cm³/mol. The molecule has 1 aliphatic carbocycles. The summed E-state index contributed by atoms with van der Waals surface area (Å²) in [6, 6.07) is 9.52. The molecule has 1 spiro atoms. The third-order valence-electron chi connectivity index (χ3n) is 14.0. The van der Waals surface area contributed by atoms with Gasteiger partial charge in [0.05, 0.1) is 44.6 Å². The van der Waals surface area contributed by atoms with Gasteiger partial charge in [-0.1, -0.05) is 65.6 Å². The second-order valence-corrected chi connectivity index (χ2v) is 29.5. The maximum absolute atomic E-state index is 14.8. The monoisotopic (exact) mass is 942 g/mol. The van der Waals surface area contributed by atoms with Gasteiger partial charge in [-0.15, -0.1) is 0 Å². The van der Waals surface area contributed by atoms with Crippen molar-refractivity contribution < 1.29 is 61.9 Å². The summed E-state index contributed by atoms with van der Waals surface area (Å²) in [5.74, 6) is -5.22. The van der Waals surface area contributed by atoms with Gasteiger partial charge in [0, 0.05) is 65.5 Å². The third-order valence-corrected chi connectivity index (χ3v) is 20.3. The van der Waals surface area contributed by atoms with Crippen molar-refractivity contribution >= 4 is 40.3 Å². The molecule has 0 unspecified atom stereocenters. The van der Waals surface area contributed by atoms with Crippen LogP contribution in [0.2, 0.25) is 43.8 Å². The molecule has 4 heterocycles. The number of allylic oxidation sites excluding steroid dienone is 1. The SMILES string of the molecule is C/C=C\[C@@H]1[C@@H](COC)C(=O)O[C@H]([C@@H](COC)O[Si](CC)(CC)CC)[C@H](C)/C=C(\C)[C@]12O[C@@H]1C[C@H]2[C@H](O)[C@@H](COC)[C@H]1OC(=O)c1cccn1C(=O)c1cccn1C(=O)OCC[Si](C)(C)C. The summed E-state index contributed by atoms with van der Waals surface area (Å²) >= 11 is 0. The molecule has 15 nitrogen and oxygen atoms in total. The zero-order valence-electron chi connectivity index (χ0n) is 40.6. The van der Waals surface area contributed by atoms with E-state index in [0.29, 0.717) is 0 Å². The number of methoxy groups -OCH3 is 3. The van der Waals surface area contributed by atoms with Gasteiger partial charge in [-0.05, 0) is 74.3 Å². The molecule has 0 aromatic carbocycles. The standard InChI is InChI=1S/C48H74N2O13Si2/c1-13-19-35-33(28-56-7)45(53)60-42(40(30-58-9)63-65(14-2,15-3)16-4)31(5)26-32(6)48(35)36-27-39(62-48)43(34(29-57-8)41(36)51)61-46(54)38-21-18-22-49(38)44(52)37-20-17-23-50(37)47(55)59-24-25-64(10,11)12/h13,17-23,26,31,33-36,39-43,51H,14-16,24-25,27-30H2,1-12H3/b19-13-,32-26+/t31-,33-,34-,35-,36+,39-,40-,41-,42+,43-,48+/m1/s1. The Kier molecular flexibility index (Phi) is 18.0. The van der Waals surface area contributed by atoms with Gasteiger partial charge in [0.25, 0.3) is 5.91 Å². The van der Waals surface area contributed by atoms with Gasteiger partial charge in [0.15, 0.2) is 8.32 Å². The molecule has 3 aliphatic rings. The molecule has 5 rings (SSSR count). The summed E-state index contributed by atoms with van der Waals surface area (Å²) in [4.78, 5) is 56.3. The summed E-state index contributed by atoms with van der Waals surface area (Å²) in [5, 5.41) is 12.6. The molecule has 1 saturated heterocycles. The number of esters is 2. The van der Waals surface area contributed by atoms with Crippen LogP contribution in [0.3, 0.4) is 0 Å². The van der Waals surface area contributed by atoms with Crippen molar-refractivity contribution in [1.82, 2.24) is 9.13 Å². The van der Waals surface area contributed by atoms with E-state index >= 15 is 0 Å². The van der Waals surface area contributed by atoms with Crippen molar-refractivity contribution in [3.8, 4) is 0 Å². The third kappa shape index (κ3) is 11.0. The highest BCUT2D eigenvalue weighted by Gasteiger charge is 2.66. The molecule has 0 radical (unpaired) electrons. The van der Waals surface area contributed by atoms with E-state index in [1.807, 2.05) is 32.9 Å². The summed E-state index contributed by atoms with van der Waals surface area (Å²) in [7, 11) is 0.978. The zero-order chi connectivity index (χ0) is 47.9. The minimum absolute atomic E-state index is 0.00130. The van der Waals surface area contributed by atoms with E-state index in [0.717, 1.165) is 38.9 Å². The van der Waals surface area contributed by atoms with Crippen LogP contribution in [-0.4, -0.2) is 138 Å². The number of carbonyl (C=O) groups excluding carboxylic acids is 4. The zero-order valence-corrected chi connectivity index (χ0v) is 42.6. The molecule has 1 N–H and O–H groups in total. The number of cyclic esters (lactones) is 1. The highest BCUT2D eigenvalue weighted by molar-refractivity contribution is 6.76. The molecule has 362 valence electrons. The smallest absolute Gasteiger partial charge is 0.418 e. The van der Waals surface area contributed by atoms with Crippen molar-refractivity contribution in [2.24, 2.45) is 29.6 Å². The fourth-order valence-corrected chi connectivity index (χ4v) is 13.8. The minimum atomic E-state index is -2.21. The van der Waals surface area contributed by atoms with Crippen molar-refractivity contribution in [2.45, 2.75) is 128 Å². The highest BCUT2D eigenvalue weighted by atomic mass is 28.4. The van der Waals surface area contributed by atoms with Crippen molar-refractivity contribution in [3.05, 3.63) is 71.8 Å². The van der Waals surface area contributed by atoms with Crippen molar-refractivity contribution in [1.29, 1.82) is 0 Å². The number of ether oxygens (including phenoxy) is 7. The molecule has 1 saturated carbocycles. The van der Waals surface area contributed by atoms with Crippen LogP contribution in [0.5, 0.6) is 0 Å². The Labute approximate surface area is 387 Å². The largest absolute Gasteiger partial charge is 0.459 e. The van der Waals surface area contributed by atoms with E-state index in [2.05, 4.69) is 46.5 Å². The van der Waals surface area contributed by atoms with Crippen LogP contribution < -0.4 is 0 Å². The Hall–Kier alpha value is -3.69. The lowest BCUT2D eigenvalue weighted by Gasteiger charge is -2.45. The maximum Gasteiger partial charge on any atom is 0.418 e. The van der Waals surface area contributed by atoms with E-state index in [-0.39, 0.29) is 50.2 Å². The fraction of sp³-hybridized carbons (Fsp3) is 0.667. The number of rotatable bonds is 19. The van der Waals surface area contributed by atoms with Crippen LogP contribution in [0.25, 0.3) is 0 Å². The summed E-state index contributed by atoms with van der Waals surface area (Å²) in [6.45, 7) is 19.3. The first-order valence-corrected chi connectivity index (χ1v) is 29.4. The quantitative estimate of drug-likeness (QED) is 0.0632. The number of fused-ring (bicyclic) bond motifs is 3. The van der Waals surface area contributed by atoms with Crippen LogP contribution in [0.4, 0.5) is 4.79 Å². The Morgan fingerprint density at radius 3 is 2.22 bits per heavy atom. The molecule has 2 aliphatic heterocycles. The number of hydrogen-bond acceptors (Lipinski definition) is 13. The van der Waals surface area contributed by atoms with E-state index in [1.165, 1.54) is 38.7 Å². The highest BCUT2D eigenvalue weighted by Crippen LogP contribution is 2.57. The minimum Gasteiger partial charge on any atom is -0.459 e. The average molecular weight is 943 g/mol. The maximum atomic E-state index is 14.8. The number of nitrogens with zero attached hydrogens (tertiary/aromatic N) is 2. The van der Waals surface area contributed by atoms with E-state index < -0.39 is 100 Å². The molecular formula is C48H74N2O13Si2. The molecule has 0 amide bonds. The first-order chi connectivity index (χ1) is 30.9. The molecule has 65 heavy (non-hydrogen) atoms.